The Kier molecular flexibility index (Phi) is 10.4. The first kappa shape index (κ1) is 28.7. The molecule has 4 rings (SSSR count). The van der Waals surface area contributed by atoms with Gasteiger partial charge in [-0.25, -0.2) is 0 Å². The van der Waals surface area contributed by atoms with Crippen LogP contribution in [0, 0.1) is 5.92 Å². The van der Waals surface area contributed by atoms with Crippen LogP contribution in [-0.2, 0) is 14.4 Å². The number of hydrogen-bond acceptors (Lipinski definition) is 6. The lowest BCUT2D eigenvalue weighted by Crippen LogP contribution is -2.54. The number of carboxylic acids is 2. The standard InChI is InChI=1S/C22H28N4O2.2C2H4O2/c1-24(2)14-19-17-11-16(18-9-6-10-20(27)26(18)19)12-25(13-17)22(28)21(23)15-7-4-3-5-8-15;2*1-2(3)4/h3-10,16-17,19,21H,11-14,23H2,1-2H3;2*1H3,(H,3,4)/t16-,17+,19+,21-;;/m1../s1. The Balaban J connectivity index is 0.000000501. The van der Waals surface area contributed by atoms with Crippen molar-refractivity contribution in [2.75, 3.05) is 33.7 Å². The fourth-order valence-electron chi connectivity index (χ4n) is 4.83. The third-order valence-corrected chi connectivity index (χ3v) is 6.09. The molecule has 1 fully saturated rings. The molecule has 196 valence electrons. The van der Waals surface area contributed by atoms with Crippen molar-refractivity contribution < 1.29 is 24.6 Å². The number of fused-ring (bicyclic) bond motifs is 4. The smallest absolute Gasteiger partial charge is 0.300 e. The van der Waals surface area contributed by atoms with Gasteiger partial charge in [0.1, 0.15) is 6.04 Å². The van der Waals surface area contributed by atoms with E-state index < -0.39 is 18.0 Å². The number of nitrogens with two attached hydrogens (primary N) is 1. The number of likely N-dealkylation sites (N-methyl/N-ethyl adjacent to an activating group) is 1. The summed E-state index contributed by atoms with van der Waals surface area (Å²) in [6.07, 6.45) is 1.01. The number of aliphatic carboxylic acids is 2. The largest absolute Gasteiger partial charge is 0.481 e. The number of aromatic nitrogens is 1. The van der Waals surface area contributed by atoms with Crippen LogP contribution in [0.5, 0.6) is 0 Å². The molecule has 2 aliphatic rings. The van der Waals surface area contributed by atoms with Crippen molar-refractivity contribution in [2.45, 2.75) is 38.3 Å². The first-order valence-corrected chi connectivity index (χ1v) is 11.8. The Bertz CT molecular complexity index is 1080. The molecule has 1 aromatic heterocycles. The minimum absolute atomic E-state index is 0.0313. The van der Waals surface area contributed by atoms with E-state index in [1.807, 2.05) is 66.0 Å². The normalized spacial score (nSPS) is 20.6. The molecule has 4 N–H and O–H groups in total. The lowest BCUT2D eigenvalue weighted by molar-refractivity contribution is -0.136. The van der Waals surface area contributed by atoms with E-state index in [4.69, 9.17) is 25.5 Å². The highest BCUT2D eigenvalue weighted by Gasteiger charge is 2.42. The summed E-state index contributed by atoms with van der Waals surface area (Å²) in [6.45, 7) is 4.21. The number of likely N-dealkylation sites (tertiary alicyclic amines) is 1. The number of carboxylic acid groups (broad SMARTS) is 2. The molecule has 10 heteroatoms. The fourth-order valence-corrected chi connectivity index (χ4v) is 4.83. The van der Waals surface area contributed by atoms with Gasteiger partial charge in [-0.1, -0.05) is 36.4 Å². The fraction of sp³-hybridized carbons (Fsp3) is 0.462. The lowest BCUT2D eigenvalue weighted by Gasteiger charge is -2.48. The number of benzene rings is 1. The van der Waals surface area contributed by atoms with E-state index in [2.05, 4.69) is 4.90 Å². The number of piperidine rings is 1. The first-order valence-electron chi connectivity index (χ1n) is 11.8. The van der Waals surface area contributed by atoms with Crippen LogP contribution in [0.4, 0.5) is 0 Å². The zero-order valence-corrected chi connectivity index (χ0v) is 21.2. The molecule has 3 heterocycles. The quantitative estimate of drug-likeness (QED) is 0.576. The third-order valence-electron chi connectivity index (χ3n) is 6.09. The summed E-state index contributed by atoms with van der Waals surface area (Å²) in [5.41, 5.74) is 8.24. The van der Waals surface area contributed by atoms with Crippen LogP contribution in [0.1, 0.15) is 49.5 Å². The summed E-state index contributed by atoms with van der Waals surface area (Å²) in [7, 11) is 4.05. The van der Waals surface area contributed by atoms with Crippen molar-refractivity contribution in [3.63, 3.8) is 0 Å². The molecule has 2 aromatic rings. The summed E-state index contributed by atoms with van der Waals surface area (Å²) in [5.74, 6) is -1.27. The Hall–Kier alpha value is -3.50. The second kappa shape index (κ2) is 13.0. The number of pyridine rings is 1. The predicted octanol–water partition coefficient (Wildman–Crippen LogP) is 1.78. The Morgan fingerprint density at radius 2 is 1.58 bits per heavy atom. The van der Waals surface area contributed by atoms with Gasteiger partial charge in [0.15, 0.2) is 0 Å². The van der Waals surface area contributed by atoms with Gasteiger partial charge in [-0.3, -0.25) is 19.2 Å². The highest BCUT2D eigenvalue weighted by atomic mass is 16.4. The van der Waals surface area contributed by atoms with Crippen LogP contribution in [0.3, 0.4) is 0 Å². The molecule has 2 bridgehead atoms. The highest BCUT2D eigenvalue weighted by Crippen LogP contribution is 2.41. The average molecular weight is 501 g/mol. The molecule has 10 nitrogen and oxygen atoms in total. The van der Waals surface area contributed by atoms with Crippen molar-refractivity contribution in [1.82, 2.24) is 14.4 Å². The summed E-state index contributed by atoms with van der Waals surface area (Å²) in [5, 5.41) is 14.8. The van der Waals surface area contributed by atoms with Crippen molar-refractivity contribution in [1.29, 1.82) is 0 Å². The van der Waals surface area contributed by atoms with Crippen LogP contribution in [0.25, 0.3) is 0 Å². The molecule has 2 aliphatic heterocycles. The van der Waals surface area contributed by atoms with E-state index in [0.29, 0.717) is 13.1 Å². The summed E-state index contributed by atoms with van der Waals surface area (Å²) >= 11 is 0. The minimum Gasteiger partial charge on any atom is -0.481 e. The molecule has 0 saturated carbocycles. The molecule has 36 heavy (non-hydrogen) atoms. The van der Waals surface area contributed by atoms with Gasteiger partial charge in [-0.05, 0) is 38.1 Å². The summed E-state index contributed by atoms with van der Waals surface area (Å²) < 4.78 is 1.97. The van der Waals surface area contributed by atoms with E-state index in [-0.39, 0.29) is 29.3 Å². The van der Waals surface area contributed by atoms with Gasteiger partial charge in [-0.2, -0.15) is 0 Å². The van der Waals surface area contributed by atoms with E-state index in [1.165, 1.54) is 0 Å². The SMILES string of the molecule is CC(=O)O.CC(=O)O.CN(C)C[C@H]1[C@H]2C[C@H](CN(C(=O)[C@H](N)c3ccccc3)C2)c2cccc(=O)n21. The van der Waals surface area contributed by atoms with Crippen molar-refractivity contribution in [3.05, 3.63) is 70.1 Å². The van der Waals surface area contributed by atoms with Gasteiger partial charge in [0.05, 0.1) is 6.04 Å². The van der Waals surface area contributed by atoms with E-state index >= 15 is 0 Å². The zero-order chi connectivity index (χ0) is 27.0. The number of amides is 1. The van der Waals surface area contributed by atoms with Crippen LogP contribution in [0.15, 0.2) is 53.3 Å². The van der Waals surface area contributed by atoms with Gasteiger partial charge >= 0.3 is 0 Å². The van der Waals surface area contributed by atoms with Crippen LogP contribution >= 0.6 is 0 Å². The number of nitrogens with zero attached hydrogens (tertiary/aromatic N) is 3. The lowest BCUT2D eigenvalue weighted by atomic mass is 9.78. The second-order valence-electron chi connectivity index (χ2n) is 9.35. The number of carbonyl (C=O) groups excluding carboxylic acids is 1. The molecule has 0 spiro atoms. The molecule has 0 radical (unpaired) electrons. The maximum atomic E-state index is 13.2. The van der Waals surface area contributed by atoms with E-state index in [9.17, 15) is 9.59 Å². The average Bonchev–Trinajstić information content (AvgIpc) is 2.80. The van der Waals surface area contributed by atoms with Gasteiger partial charge in [0.25, 0.3) is 17.5 Å². The summed E-state index contributed by atoms with van der Waals surface area (Å²) in [6, 6.07) is 14.5. The molecule has 0 unspecified atom stereocenters. The van der Waals surface area contributed by atoms with Crippen molar-refractivity contribution >= 4 is 17.8 Å². The Morgan fingerprint density at radius 1 is 1.00 bits per heavy atom. The number of rotatable bonds is 4. The molecule has 1 aromatic carbocycles. The monoisotopic (exact) mass is 500 g/mol. The van der Waals surface area contributed by atoms with Crippen molar-refractivity contribution in [2.24, 2.45) is 11.7 Å². The van der Waals surface area contributed by atoms with Crippen LogP contribution < -0.4 is 11.3 Å². The number of hydrogen-bond donors (Lipinski definition) is 3. The molecule has 1 saturated heterocycles. The topological polar surface area (TPSA) is 146 Å². The Labute approximate surface area is 210 Å². The third kappa shape index (κ3) is 7.76. The summed E-state index contributed by atoms with van der Waals surface area (Å²) in [4.78, 5) is 47.8. The molecule has 0 aliphatic carbocycles. The van der Waals surface area contributed by atoms with Crippen LogP contribution in [0.2, 0.25) is 0 Å². The molecular weight excluding hydrogens is 464 g/mol. The van der Waals surface area contributed by atoms with Crippen LogP contribution in [-0.4, -0.2) is 76.2 Å². The second-order valence-corrected chi connectivity index (χ2v) is 9.35. The molecule has 4 atom stereocenters. The van der Waals surface area contributed by atoms with Gasteiger partial charge in [-0.15, -0.1) is 0 Å². The minimum atomic E-state index is -0.833. The van der Waals surface area contributed by atoms with Gasteiger partial charge < -0.3 is 30.3 Å². The highest BCUT2D eigenvalue weighted by molar-refractivity contribution is 5.83. The predicted molar refractivity (Wildman–Crippen MR) is 136 cm³/mol. The van der Waals surface area contributed by atoms with E-state index in [1.54, 1.807) is 6.07 Å². The maximum absolute atomic E-state index is 13.2. The first-order chi connectivity index (χ1) is 16.9. The van der Waals surface area contributed by atoms with Gasteiger partial charge in [0, 0.05) is 51.2 Å². The van der Waals surface area contributed by atoms with E-state index in [0.717, 1.165) is 38.1 Å². The molecule has 1 amide bonds. The Morgan fingerprint density at radius 3 is 2.14 bits per heavy atom. The van der Waals surface area contributed by atoms with Crippen molar-refractivity contribution in [3.8, 4) is 0 Å². The number of carbonyl (C=O) groups is 3. The molecular formula is C26H36N4O6. The zero-order valence-electron chi connectivity index (χ0n) is 21.2. The maximum Gasteiger partial charge on any atom is 0.300 e. The van der Waals surface area contributed by atoms with Gasteiger partial charge in [0.2, 0.25) is 5.91 Å².